The lowest BCUT2D eigenvalue weighted by Gasteiger charge is -2.09. The Bertz CT molecular complexity index is 572. The summed E-state index contributed by atoms with van der Waals surface area (Å²) in [6.45, 7) is 0. The topological polar surface area (TPSA) is 17.8 Å². The Morgan fingerprint density at radius 2 is 2.00 bits per heavy atom. The Labute approximate surface area is 121 Å². The molecule has 0 fully saturated rings. The van der Waals surface area contributed by atoms with Gasteiger partial charge in [0.15, 0.2) is 0 Å². The van der Waals surface area contributed by atoms with Gasteiger partial charge < -0.3 is 0 Å². The van der Waals surface area contributed by atoms with Gasteiger partial charge in [-0.25, -0.2) is 13.5 Å². The van der Waals surface area contributed by atoms with E-state index in [1.54, 1.807) is 12.1 Å². The maximum atomic E-state index is 13.0. The minimum absolute atomic E-state index is 0.148. The molecule has 0 amide bonds. The lowest BCUT2D eigenvalue weighted by Crippen LogP contribution is -2.04. The molecule has 2 nitrogen and oxygen atoms in total. The molecule has 0 aliphatic rings. The van der Waals surface area contributed by atoms with Crippen LogP contribution in [-0.4, -0.2) is 9.78 Å². The Morgan fingerprint density at radius 3 is 2.56 bits per heavy atom. The van der Waals surface area contributed by atoms with E-state index in [1.165, 1.54) is 16.9 Å². The van der Waals surface area contributed by atoms with Crippen molar-refractivity contribution in [2.45, 2.75) is 11.8 Å². The molecule has 1 aromatic carbocycles. The molecule has 0 saturated carbocycles. The van der Waals surface area contributed by atoms with Gasteiger partial charge in [0.2, 0.25) is 0 Å². The summed E-state index contributed by atoms with van der Waals surface area (Å²) in [6, 6.07) is 4.63. The van der Waals surface area contributed by atoms with Gasteiger partial charge in [-0.05, 0) is 18.2 Å². The maximum Gasteiger partial charge on any atom is 0.280 e. The van der Waals surface area contributed by atoms with Gasteiger partial charge in [0.05, 0.1) is 21.9 Å². The lowest BCUT2D eigenvalue weighted by atomic mass is 10.2. The SMILES string of the molecule is FC(F)c1c(CBr)cnn1-c1ccc(Cl)c(Cl)c1. The summed E-state index contributed by atoms with van der Waals surface area (Å²) in [7, 11) is 0. The van der Waals surface area contributed by atoms with Crippen molar-refractivity contribution in [3.8, 4) is 5.69 Å². The highest BCUT2D eigenvalue weighted by atomic mass is 79.9. The van der Waals surface area contributed by atoms with Gasteiger partial charge >= 0.3 is 0 Å². The average molecular weight is 356 g/mol. The molecule has 0 bridgehead atoms. The van der Waals surface area contributed by atoms with Crippen LogP contribution in [0.2, 0.25) is 10.0 Å². The van der Waals surface area contributed by atoms with Crippen LogP contribution < -0.4 is 0 Å². The molecule has 0 radical (unpaired) electrons. The smallest absolute Gasteiger partial charge is 0.232 e. The molecule has 0 aliphatic heterocycles. The van der Waals surface area contributed by atoms with Crippen molar-refractivity contribution in [3.05, 3.63) is 45.7 Å². The lowest BCUT2D eigenvalue weighted by molar-refractivity contribution is 0.142. The van der Waals surface area contributed by atoms with Crippen molar-refractivity contribution in [1.29, 1.82) is 0 Å². The summed E-state index contributed by atoms with van der Waals surface area (Å²) >= 11 is 14.8. The van der Waals surface area contributed by atoms with Crippen LogP contribution in [0.25, 0.3) is 5.69 Å². The van der Waals surface area contributed by atoms with Crippen LogP contribution in [0.15, 0.2) is 24.4 Å². The minimum Gasteiger partial charge on any atom is -0.232 e. The van der Waals surface area contributed by atoms with Crippen LogP contribution in [0.3, 0.4) is 0 Å². The normalized spacial score (nSPS) is 11.2. The largest absolute Gasteiger partial charge is 0.280 e. The monoisotopic (exact) mass is 354 g/mol. The first-order chi connectivity index (χ1) is 8.54. The quantitative estimate of drug-likeness (QED) is 0.707. The molecule has 2 aromatic rings. The molecule has 0 unspecified atom stereocenters. The van der Waals surface area contributed by atoms with Crippen LogP contribution in [0.1, 0.15) is 17.7 Å². The van der Waals surface area contributed by atoms with Crippen molar-refractivity contribution in [2.75, 3.05) is 0 Å². The maximum absolute atomic E-state index is 13.0. The van der Waals surface area contributed by atoms with E-state index in [0.717, 1.165) is 0 Å². The fraction of sp³-hybridized carbons (Fsp3) is 0.182. The summed E-state index contributed by atoms with van der Waals surface area (Å²) < 4.78 is 27.2. The van der Waals surface area contributed by atoms with Crippen LogP contribution in [-0.2, 0) is 5.33 Å². The van der Waals surface area contributed by atoms with Gasteiger partial charge in [-0.15, -0.1) is 0 Å². The summed E-state index contributed by atoms with van der Waals surface area (Å²) in [5.74, 6) is 0. The number of aromatic nitrogens is 2. The highest BCUT2D eigenvalue weighted by Crippen LogP contribution is 2.30. The Kier molecular flexibility index (Phi) is 4.25. The zero-order valence-electron chi connectivity index (χ0n) is 8.88. The first-order valence-electron chi connectivity index (χ1n) is 4.91. The number of nitrogens with zero attached hydrogens (tertiary/aromatic N) is 2. The fourth-order valence-electron chi connectivity index (χ4n) is 1.55. The zero-order chi connectivity index (χ0) is 13.3. The fourth-order valence-corrected chi connectivity index (χ4v) is 2.27. The molecule has 0 saturated heterocycles. The highest BCUT2D eigenvalue weighted by molar-refractivity contribution is 9.08. The molecular weight excluding hydrogens is 349 g/mol. The van der Waals surface area contributed by atoms with E-state index < -0.39 is 6.43 Å². The number of hydrogen-bond acceptors (Lipinski definition) is 1. The molecule has 0 aliphatic carbocycles. The third-order valence-electron chi connectivity index (χ3n) is 2.38. The number of hydrogen-bond donors (Lipinski definition) is 0. The van der Waals surface area contributed by atoms with Gasteiger partial charge in [0, 0.05) is 10.9 Å². The second kappa shape index (κ2) is 5.55. The van der Waals surface area contributed by atoms with E-state index in [9.17, 15) is 8.78 Å². The summed E-state index contributed by atoms with van der Waals surface area (Å²) in [5, 5.41) is 4.93. The second-order valence-corrected chi connectivity index (χ2v) is 4.87. The third-order valence-corrected chi connectivity index (χ3v) is 3.73. The first-order valence-corrected chi connectivity index (χ1v) is 6.78. The summed E-state index contributed by atoms with van der Waals surface area (Å²) in [5.41, 5.74) is 0.744. The molecule has 0 N–H and O–H groups in total. The first kappa shape index (κ1) is 13.8. The Balaban J connectivity index is 2.56. The van der Waals surface area contributed by atoms with Crippen molar-refractivity contribution in [1.82, 2.24) is 9.78 Å². The molecular formula is C11H7BrCl2F2N2. The molecule has 0 spiro atoms. The van der Waals surface area contributed by atoms with Crippen LogP contribution in [0.4, 0.5) is 8.78 Å². The van der Waals surface area contributed by atoms with E-state index in [2.05, 4.69) is 21.0 Å². The van der Waals surface area contributed by atoms with Gasteiger partial charge in [0.1, 0.15) is 5.69 Å². The predicted molar refractivity (Wildman–Crippen MR) is 71.2 cm³/mol. The van der Waals surface area contributed by atoms with E-state index in [4.69, 9.17) is 23.2 Å². The van der Waals surface area contributed by atoms with Gasteiger partial charge in [0.25, 0.3) is 6.43 Å². The predicted octanol–water partition coefficient (Wildman–Crippen LogP) is 5.01. The zero-order valence-corrected chi connectivity index (χ0v) is 12.0. The van der Waals surface area contributed by atoms with Crippen molar-refractivity contribution in [2.24, 2.45) is 0 Å². The standard InChI is InChI=1S/C11H7BrCl2F2N2/c12-4-6-5-17-18(10(6)11(15)16)7-1-2-8(13)9(14)3-7/h1-3,5,11H,4H2. The molecule has 18 heavy (non-hydrogen) atoms. The number of benzene rings is 1. The van der Waals surface area contributed by atoms with Gasteiger partial charge in [-0.1, -0.05) is 39.1 Å². The number of halogens is 5. The highest BCUT2D eigenvalue weighted by Gasteiger charge is 2.20. The Hall–Kier alpha value is -0.650. The van der Waals surface area contributed by atoms with E-state index >= 15 is 0 Å². The van der Waals surface area contributed by atoms with Crippen LogP contribution in [0.5, 0.6) is 0 Å². The molecule has 0 atom stereocenters. The van der Waals surface area contributed by atoms with Gasteiger partial charge in [-0.3, -0.25) is 0 Å². The minimum atomic E-state index is -2.62. The second-order valence-electron chi connectivity index (χ2n) is 3.50. The van der Waals surface area contributed by atoms with Crippen LogP contribution >= 0.6 is 39.1 Å². The van der Waals surface area contributed by atoms with Crippen molar-refractivity contribution in [3.63, 3.8) is 0 Å². The third kappa shape index (κ3) is 2.53. The molecule has 96 valence electrons. The average Bonchev–Trinajstić information content (AvgIpc) is 2.76. The van der Waals surface area contributed by atoms with Crippen LogP contribution in [0, 0.1) is 0 Å². The summed E-state index contributed by atoms with van der Waals surface area (Å²) in [4.78, 5) is 0. The van der Waals surface area contributed by atoms with Crippen molar-refractivity contribution < 1.29 is 8.78 Å². The van der Waals surface area contributed by atoms with Gasteiger partial charge in [-0.2, -0.15) is 5.10 Å². The number of rotatable bonds is 3. The number of alkyl halides is 3. The molecule has 1 aromatic heterocycles. The molecule has 7 heteroatoms. The van der Waals surface area contributed by atoms with E-state index in [-0.39, 0.29) is 5.69 Å². The molecule has 1 heterocycles. The summed E-state index contributed by atoms with van der Waals surface area (Å²) in [6.07, 6.45) is -1.21. The van der Waals surface area contributed by atoms with Crippen molar-refractivity contribution >= 4 is 39.1 Å². The Morgan fingerprint density at radius 1 is 1.28 bits per heavy atom. The van der Waals surface area contributed by atoms with E-state index in [1.807, 2.05) is 0 Å². The molecule has 2 rings (SSSR count). The van der Waals surface area contributed by atoms with E-state index in [0.29, 0.717) is 26.6 Å².